The molecule has 11 heavy (non-hydrogen) atoms. The van der Waals surface area contributed by atoms with Gasteiger partial charge in [-0.3, -0.25) is 0 Å². The Bertz CT molecular complexity index is 300. The number of hydrogen-bond donors (Lipinski definition) is 1. The van der Waals surface area contributed by atoms with Crippen molar-refractivity contribution in [3.05, 3.63) is 29.8 Å². The zero-order valence-electron chi connectivity index (χ0n) is 5.71. The minimum absolute atomic E-state index is 0.218. The molecule has 0 fully saturated rings. The Balaban J connectivity index is 2.87. The van der Waals surface area contributed by atoms with Crippen molar-refractivity contribution >= 4 is 0 Å². The molecule has 3 heteroatoms. The zero-order valence-corrected chi connectivity index (χ0v) is 5.71. The highest BCUT2D eigenvalue weighted by Crippen LogP contribution is 1.96. The van der Waals surface area contributed by atoms with Crippen LogP contribution in [0.5, 0.6) is 0 Å². The van der Waals surface area contributed by atoms with Gasteiger partial charge >= 0.3 is 0 Å². The maximum absolute atomic E-state index is 12.4. The molecule has 0 aliphatic heterocycles. The van der Waals surface area contributed by atoms with Crippen molar-refractivity contribution in [2.45, 2.75) is 0 Å². The summed E-state index contributed by atoms with van der Waals surface area (Å²) in [6, 6.07) is 2.79. The maximum Gasteiger partial charge on any atom is 0.214 e. The van der Waals surface area contributed by atoms with E-state index in [1.165, 1.54) is 12.3 Å². The van der Waals surface area contributed by atoms with Crippen LogP contribution in [-0.2, 0) is 0 Å². The van der Waals surface area contributed by atoms with Gasteiger partial charge in [-0.15, -0.1) is 0 Å². The first-order valence-corrected chi connectivity index (χ1v) is 3.04. The average molecular weight is 151 g/mol. The monoisotopic (exact) mass is 151 g/mol. The van der Waals surface area contributed by atoms with Crippen LogP contribution in [0.1, 0.15) is 5.56 Å². The van der Waals surface area contributed by atoms with Gasteiger partial charge in [0.05, 0.1) is 0 Å². The fourth-order valence-corrected chi connectivity index (χ4v) is 0.622. The van der Waals surface area contributed by atoms with E-state index in [0.717, 1.165) is 0 Å². The molecule has 0 unspecified atom stereocenters. The Morgan fingerprint density at radius 3 is 3.09 bits per heavy atom. The molecular weight excluding hydrogens is 145 g/mol. The SMILES string of the molecule is OCC#Cc1ccnc(F)c1. The molecule has 0 aliphatic rings. The molecule has 0 atom stereocenters. The number of aromatic nitrogens is 1. The Kier molecular flexibility index (Phi) is 2.59. The van der Waals surface area contributed by atoms with E-state index in [1.807, 2.05) is 0 Å². The lowest BCUT2D eigenvalue weighted by Crippen LogP contribution is -1.82. The quantitative estimate of drug-likeness (QED) is 0.434. The van der Waals surface area contributed by atoms with Gasteiger partial charge in [-0.05, 0) is 6.07 Å². The molecule has 56 valence electrons. The van der Waals surface area contributed by atoms with Gasteiger partial charge in [0.15, 0.2) is 0 Å². The van der Waals surface area contributed by atoms with Crippen molar-refractivity contribution in [1.29, 1.82) is 0 Å². The van der Waals surface area contributed by atoms with E-state index >= 15 is 0 Å². The van der Waals surface area contributed by atoms with Crippen LogP contribution >= 0.6 is 0 Å². The third-order valence-corrected chi connectivity index (χ3v) is 1.04. The van der Waals surface area contributed by atoms with E-state index in [4.69, 9.17) is 5.11 Å². The van der Waals surface area contributed by atoms with Crippen LogP contribution in [0, 0.1) is 17.8 Å². The summed E-state index contributed by atoms with van der Waals surface area (Å²) in [6.07, 6.45) is 1.33. The van der Waals surface area contributed by atoms with Crippen LogP contribution in [-0.4, -0.2) is 16.7 Å². The highest BCUT2D eigenvalue weighted by molar-refractivity contribution is 5.32. The molecule has 1 aromatic heterocycles. The summed E-state index contributed by atoms with van der Waals surface area (Å²) < 4.78 is 12.4. The van der Waals surface area contributed by atoms with Gasteiger partial charge in [0.2, 0.25) is 5.95 Å². The summed E-state index contributed by atoms with van der Waals surface area (Å²) in [5, 5.41) is 8.31. The van der Waals surface area contributed by atoms with E-state index in [2.05, 4.69) is 16.8 Å². The summed E-state index contributed by atoms with van der Waals surface area (Å²) in [5.74, 6) is 4.40. The molecule has 0 radical (unpaired) electrons. The molecular formula is C8H6FNO. The molecule has 1 N–H and O–H groups in total. The number of aliphatic hydroxyl groups excluding tert-OH is 1. The minimum atomic E-state index is -0.560. The van der Waals surface area contributed by atoms with Gasteiger partial charge in [0.1, 0.15) is 6.61 Å². The Hall–Kier alpha value is -1.40. The van der Waals surface area contributed by atoms with E-state index in [-0.39, 0.29) is 6.61 Å². The fraction of sp³-hybridized carbons (Fsp3) is 0.125. The summed E-state index contributed by atoms with van der Waals surface area (Å²) in [4.78, 5) is 3.35. The number of rotatable bonds is 0. The van der Waals surface area contributed by atoms with Crippen LogP contribution in [0.3, 0.4) is 0 Å². The van der Waals surface area contributed by atoms with Gasteiger partial charge in [-0.25, -0.2) is 4.98 Å². The smallest absolute Gasteiger partial charge is 0.214 e. The molecule has 1 rings (SSSR count). The van der Waals surface area contributed by atoms with Gasteiger partial charge in [0, 0.05) is 17.8 Å². The van der Waals surface area contributed by atoms with Crippen LogP contribution in [0.2, 0.25) is 0 Å². The minimum Gasteiger partial charge on any atom is -0.384 e. The molecule has 0 saturated heterocycles. The second-order valence-corrected chi connectivity index (χ2v) is 1.83. The van der Waals surface area contributed by atoms with Crippen molar-refractivity contribution in [3.63, 3.8) is 0 Å². The van der Waals surface area contributed by atoms with Crippen LogP contribution in [0.15, 0.2) is 18.3 Å². The highest BCUT2D eigenvalue weighted by atomic mass is 19.1. The molecule has 1 aromatic rings. The van der Waals surface area contributed by atoms with Gasteiger partial charge in [-0.1, -0.05) is 11.8 Å². The third kappa shape index (κ3) is 2.36. The van der Waals surface area contributed by atoms with Crippen molar-refractivity contribution in [1.82, 2.24) is 4.98 Å². The van der Waals surface area contributed by atoms with Gasteiger partial charge < -0.3 is 5.11 Å². The highest BCUT2D eigenvalue weighted by Gasteiger charge is 1.89. The Morgan fingerprint density at radius 1 is 1.64 bits per heavy atom. The fourth-order valence-electron chi connectivity index (χ4n) is 0.622. The first-order chi connectivity index (χ1) is 5.33. The number of halogens is 1. The summed E-state index contributed by atoms with van der Waals surface area (Å²) in [6.45, 7) is -0.218. The van der Waals surface area contributed by atoms with Crippen LogP contribution < -0.4 is 0 Å². The zero-order chi connectivity index (χ0) is 8.10. The molecule has 0 aliphatic carbocycles. The van der Waals surface area contributed by atoms with E-state index in [0.29, 0.717) is 5.56 Å². The largest absolute Gasteiger partial charge is 0.384 e. The molecule has 0 bridgehead atoms. The number of aliphatic hydroxyl groups is 1. The van der Waals surface area contributed by atoms with Crippen LogP contribution in [0.4, 0.5) is 4.39 Å². The van der Waals surface area contributed by atoms with Crippen molar-refractivity contribution in [2.75, 3.05) is 6.61 Å². The normalized spacial score (nSPS) is 8.55. The van der Waals surface area contributed by atoms with Crippen molar-refractivity contribution < 1.29 is 9.50 Å². The Labute approximate surface area is 63.7 Å². The molecule has 0 amide bonds. The second kappa shape index (κ2) is 3.69. The lowest BCUT2D eigenvalue weighted by molar-refractivity contribution is 0.350. The Morgan fingerprint density at radius 2 is 2.45 bits per heavy atom. The predicted molar refractivity (Wildman–Crippen MR) is 38.2 cm³/mol. The summed E-state index contributed by atoms with van der Waals surface area (Å²) in [5.41, 5.74) is 0.520. The van der Waals surface area contributed by atoms with Crippen molar-refractivity contribution in [3.8, 4) is 11.8 Å². The van der Waals surface area contributed by atoms with E-state index in [9.17, 15) is 4.39 Å². The molecule has 2 nitrogen and oxygen atoms in total. The molecule has 0 spiro atoms. The standard InChI is InChI=1S/C8H6FNO/c9-8-6-7(2-1-5-11)3-4-10-8/h3-4,6,11H,5H2. The third-order valence-electron chi connectivity index (χ3n) is 1.04. The molecule has 0 aromatic carbocycles. The number of pyridine rings is 1. The number of hydrogen-bond acceptors (Lipinski definition) is 2. The maximum atomic E-state index is 12.4. The summed E-state index contributed by atoms with van der Waals surface area (Å²) >= 11 is 0. The topological polar surface area (TPSA) is 33.1 Å². The lowest BCUT2D eigenvalue weighted by atomic mass is 10.3. The number of nitrogens with zero attached hydrogens (tertiary/aromatic N) is 1. The lowest BCUT2D eigenvalue weighted by Gasteiger charge is -1.87. The van der Waals surface area contributed by atoms with Crippen molar-refractivity contribution in [2.24, 2.45) is 0 Å². The van der Waals surface area contributed by atoms with Gasteiger partial charge in [0.25, 0.3) is 0 Å². The molecule has 1 heterocycles. The van der Waals surface area contributed by atoms with E-state index in [1.54, 1.807) is 6.07 Å². The van der Waals surface area contributed by atoms with Gasteiger partial charge in [-0.2, -0.15) is 4.39 Å². The average Bonchev–Trinajstić information content (AvgIpc) is 2.01. The van der Waals surface area contributed by atoms with E-state index < -0.39 is 5.95 Å². The first kappa shape index (κ1) is 7.70. The first-order valence-electron chi connectivity index (χ1n) is 3.04. The molecule has 0 saturated carbocycles. The summed E-state index contributed by atoms with van der Waals surface area (Å²) in [7, 11) is 0. The predicted octanol–water partition coefficient (Wildman–Crippen LogP) is 0.564. The van der Waals surface area contributed by atoms with Crippen LogP contribution in [0.25, 0.3) is 0 Å². The second-order valence-electron chi connectivity index (χ2n) is 1.83.